The molecule has 6 heteroatoms. The quantitative estimate of drug-likeness (QED) is 0.859. The van der Waals surface area contributed by atoms with Crippen LogP contribution in [-0.2, 0) is 14.8 Å². The van der Waals surface area contributed by atoms with E-state index in [2.05, 4.69) is 5.32 Å². The van der Waals surface area contributed by atoms with Crippen LogP contribution in [0.1, 0.15) is 38.5 Å². The van der Waals surface area contributed by atoms with Crippen LogP contribution in [0.3, 0.4) is 0 Å². The Morgan fingerprint density at radius 2 is 1.93 bits per heavy atom. The number of carbonyl (C=O) groups excluding carboxylic acids is 1. The third-order valence-electron chi connectivity index (χ3n) is 6.53. The molecule has 2 aromatic rings. The van der Waals surface area contributed by atoms with Crippen LogP contribution in [0.25, 0.3) is 10.8 Å². The molecular weight excluding hydrogens is 360 g/mol. The Labute approximate surface area is 159 Å². The highest BCUT2D eigenvalue weighted by molar-refractivity contribution is 7.93. The Balaban J connectivity index is 1.25. The molecule has 2 aromatic carbocycles. The molecule has 2 bridgehead atoms. The largest absolute Gasteiger partial charge is 0.353 e. The first-order chi connectivity index (χ1) is 13.0. The predicted octanol–water partition coefficient (Wildman–Crippen LogP) is 3.43. The van der Waals surface area contributed by atoms with Gasteiger partial charge in [-0.05, 0) is 55.0 Å². The number of sulfonamides is 1. The van der Waals surface area contributed by atoms with Crippen molar-refractivity contribution < 1.29 is 13.2 Å². The van der Waals surface area contributed by atoms with Gasteiger partial charge in [-0.2, -0.15) is 0 Å². The van der Waals surface area contributed by atoms with Crippen LogP contribution in [0.15, 0.2) is 41.3 Å². The van der Waals surface area contributed by atoms with E-state index in [0.29, 0.717) is 36.2 Å². The van der Waals surface area contributed by atoms with E-state index in [9.17, 15) is 13.2 Å². The third-order valence-corrected chi connectivity index (χ3v) is 8.39. The van der Waals surface area contributed by atoms with Crippen LogP contribution in [0.2, 0.25) is 0 Å². The van der Waals surface area contributed by atoms with Crippen molar-refractivity contribution in [1.29, 1.82) is 0 Å². The van der Waals surface area contributed by atoms with Gasteiger partial charge in [-0.25, -0.2) is 8.42 Å². The van der Waals surface area contributed by atoms with Crippen LogP contribution >= 0.6 is 0 Å². The number of hydrogen-bond acceptors (Lipinski definition) is 3. The summed E-state index contributed by atoms with van der Waals surface area (Å²) < 4.78 is 27.3. The molecule has 0 saturated heterocycles. The lowest BCUT2D eigenvalue weighted by atomic mass is 9.95. The minimum Gasteiger partial charge on any atom is -0.353 e. The third kappa shape index (κ3) is 2.73. The van der Waals surface area contributed by atoms with Gasteiger partial charge in [0.15, 0.2) is 0 Å². The summed E-state index contributed by atoms with van der Waals surface area (Å²) in [4.78, 5) is 12.7. The molecule has 1 aliphatic heterocycles. The number of carbonyl (C=O) groups is 1. The standard InChI is InChI=1S/C21H24N2O3S/c24-20(22-17-13-14-9-10-16(17)12-14)8-3-11-23-18-6-1-4-15-5-2-7-19(21(15)18)27(23,25)26/h1-2,4-7,14,16-17H,3,8-13H2,(H,22,24)/t14-,16-,17-/m0/s1. The predicted molar refractivity (Wildman–Crippen MR) is 105 cm³/mol. The first-order valence-electron chi connectivity index (χ1n) is 9.88. The van der Waals surface area contributed by atoms with Crippen molar-refractivity contribution in [2.45, 2.75) is 49.5 Å². The minimum atomic E-state index is -3.52. The summed E-state index contributed by atoms with van der Waals surface area (Å²) in [6.45, 7) is 0.334. The molecular formula is C21H24N2O3S. The zero-order chi connectivity index (χ0) is 18.6. The van der Waals surface area contributed by atoms with Gasteiger partial charge < -0.3 is 5.32 Å². The van der Waals surface area contributed by atoms with Gasteiger partial charge in [0.05, 0.1) is 10.6 Å². The molecule has 3 aliphatic rings. The van der Waals surface area contributed by atoms with Crippen LogP contribution in [0.4, 0.5) is 5.69 Å². The van der Waals surface area contributed by atoms with Gasteiger partial charge in [0.25, 0.3) is 10.0 Å². The summed E-state index contributed by atoms with van der Waals surface area (Å²) in [5.74, 6) is 1.51. The van der Waals surface area contributed by atoms with Gasteiger partial charge in [-0.15, -0.1) is 0 Å². The topological polar surface area (TPSA) is 66.5 Å². The van der Waals surface area contributed by atoms with Gasteiger partial charge in [-0.3, -0.25) is 9.10 Å². The van der Waals surface area contributed by atoms with Gasteiger partial charge in [0.2, 0.25) is 5.91 Å². The van der Waals surface area contributed by atoms with Crippen molar-refractivity contribution in [3.05, 3.63) is 36.4 Å². The van der Waals surface area contributed by atoms with Gasteiger partial charge in [0.1, 0.15) is 0 Å². The van der Waals surface area contributed by atoms with Crippen molar-refractivity contribution >= 4 is 32.4 Å². The Morgan fingerprint density at radius 3 is 2.67 bits per heavy atom. The second kappa shape index (κ2) is 6.23. The highest BCUT2D eigenvalue weighted by Gasteiger charge is 2.40. The number of anilines is 1. The minimum absolute atomic E-state index is 0.0554. The number of fused-ring (bicyclic) bond motifs is 2. The molecule has 0 unspecified atom stereocenters. The molecule has 27 heavy (non-hydrogen) atoms. The van der Waals surface area contributed by atoms with E-state index in [0.717, 1.165) is 28.8 Å². The molecule has 5 nitrogen and oxygen atoms in total. The van der Waals surface area contributed by atoms with Gasteiger partial charge in [0, 0.05) is 24.4 Å². The molecule has 2 saturated carbocycles. The van der Waals surface area contributed by atoms with E-state index in [1.807, 2.05) is 24.3 Å². The number of benzene rings is 2. The van der Waals surface area contributed by atoms with Gasteiger partial charge >= 0.3 is 0 Å². The average molecular weight is 385 g/mol. The summed E-state index contributed by atoms with van der Waals surface area (Å²) in [6, 6.07) is 11.4. The van der Waals surface area contributed by atoms with Crippen molar-refractivity contribution in [3.63, 3.8) is 0 Å². The van der Waals surface area contributed by atoms with Crippen LogP contribution < -0.4 is 9.62 Å². The molecule has 0 spiro atoms. The molecule has 1 N–H and O–H groups in total. The Hall–Kier alpha value is -2.08. The van der Waals surface area contributed by atoms with Crippen molar-refractivity contribution in [2.24, 2.45) is 11.8 Å². The fourth-order valence-electron chi connectivity index (χ4n) is 5.28. The smallest absolute Gasteiger partial charge is 0.265 e. The number of rotatable bonds is 5. The van der Waals surface area contributed by atoms with E-state index < -0.39 is 10.0 Å². The molecule has 0 aromatic heterocycles. The molecule has 2 aliphatic carbocycles. The molecule has 0 radical (unpaired) electrons. The molecule has 142 valence electrons. The maximum absolute atomic E-state index is 12.9. The van der Waals surface area contributed by atoms with Crippen LogP contribution in [-0.4, -0.2) is 26.9 Å². The lowest BCUT2D eigenvalue weighted by Crippen LogP contribution is -2.38. The highest BCUT2D eigenvalue weighted by atomic mass is 32.2. The van der Waals surface area contributed by atoms with Crippen molar-refractivity contribution in [3.8, 4) is 0 Å². The maximum atomic E-state index is 12.9. The van der Waals surface area contributed by atoms with Crippen LogP contribution in [0, 0.1) is 11.8 Å². The number of nitrogens with one attached hydrogen (secondary N) is 1. The summed E-state index contributed by atoms with van der Waals surface area (Å²) in [7, 11) is -3.52. The highest BCUT2D eigenvalue weighted by Crippen LogP contribution is 2.44. The number of amides is 1. The summed E-state index contributed by atoms with van der Waals surface area (Å²) in [6.07, 6.45) is 5.83. The second-order valence-corrected chi connectivity index (χ2v) is 9.99. The zero-order valence-corrected chi connectivity index (χ0v) is 16.0. The van der Waals surface area contributed by atoms with Crippen molar-refractivity contribution in [2.75, 3.05) is 10.8 Å². The van der Waals surface area contributed by atoms with E-state index in [4.69, 9.17) is 0 Å². The maximum Gasteiger partial charge on any atom is 0.265 e. The number of hydrogen-bond donors (Lipinski definition) is 1. The molecule has 2 fully saturated rings. The SMILES string of the molecule is O=C(CCCN1c2cccc3cccc(c23)S1(=O)=O)N[C@H]1C[C@H]2CC[C@H]1C2. The number of nitrogens with zero attached hydrogens (tertiary/aromatic N) is 1. The summed E-state index contributed by atoms with van der Waals surface area (Å²) >= 11 is 0. The molecule has 3 atom stereocenters. The van der Waals surface area contributed by atoms with Crippen LogP contribution in [0.5, 0.6) is 0 Å². The average Bonchev–Trinajstić information content (AvgIpc) is 3.32. The summed E-state index contributed by atoms with van der Waals surface area (Å²) in [5, 5.41) is 4.92. The lowest BCUT2D eigenvalue weighted by Gasteiger charge is -2.23. The zero-order valence-electron chi connectivity index (χ0n) is 15.2. The Kier molecular flexibility index (Phi) is 3.93. The van der Waals surface area contributed by atoms with E-state index in [1.54, 1.807) is 12.1 Å². The van der Waals surface area contributed by atoms with Gasteiger partial charge in [-0.1, -0.05) is 30.7 Å². The Morgan fingerprint density at radius 1 is 1.11 bits per heavy atom. The molecule has 1 amide bonds. The van der Waals surface area contributed by atoms with E-state index in [1.165, 1.54) is 23.6 Å². The van der Waals surface area contributed by atoms with E-state index in [-0.39, 0.29) is 5.91 Å². The first kappa shape index (κ1) is 17.0. The first-order valence-corrected chi connectivity index (χ1v) is 11.3. The lowest BCUT2D eigenvalue weighted by molar-refractivity contribution is -0.122. The monoisotopic (exact) mass is 384 g/mol. The molecule has 5 rings (SSSR count). The summed E-state index contributed by atoms with van der Waals surface area (Å²) in [5.41, 5.74) is 0.733. The normalized spacial score (nSPS) is 27.4. The Bertz CT molecular complexity index is 1010. The van der Waals surface area contributed by atoms with E-state index >= 15 is 0 Å². The second-order valence-electron chi connectivity index (χ2n) is 8.16. The molecule has 1 heterocycles. The fourth-order valence-corrected chi connectivity index (χ4v) is 7.03. The fraction of sp³-hybridized carbons (Fsp3) is 0.476. The van der Waals surface area contributed by atoms with Crippen molar-refractivity contribution in [1.82, 2.24) is 5.32 Å².